The van der Waals surface area contributed by atoms with E-state index in [0.29, 0.717) is 37.4 Å². The van der Waals surface area contributed by atoms with E-state index in [2.05, 4.69) is 15.6 Å². The lowest BCUT2D eigenvalue weighted by Crippen LogP contribution is -2.39. The number of anilines is 1. The van der Waals surface area contributed by atoms with Gasteiger partial charge in [-0.1, -0.05) is 12.1 Å². The number of carbonyl (C=O) groups excluding carboxylic acids is 2. The van der Waals surface area contributed by atoms with Crippen LogP contribution in [-0.2, 0) is 16.1 Å². The van der Waals surface area contributed by atoms with Gasteiger partial charge in [0.1, 0.15) is 11.2 Å². The molecule has 2 amide bonds. The number of amides is 2. The molecule has 25 heavy (non-hydrogen) atoms. The van der Waals surface area contributed by atoms with Crippen LogP contribution < -0.4 is 15.4 Å². The molecule has 0 bridgehead atoms. The Morgan fingerprint density at radius 2 is 1.84 bits per heavy atom. The summed E-state index contributed by atoms with van der Waals surface area (Å²) in [6.45, 7) is 2.77. The van der Waals surface area contributed by atoms with Crippen molar-refractivity contribution >= 4 is 17.5 Å². The highest BCUT2D eigenvalue weighted by Gasteiger charge is 2.56. The van der Waals surface area contributed by atoms with E-state index in [1.165, 1.54) is 0 Å². The Hall–Kier alpha value is -2.89. The summed E-state index contributed by atoms with van der Waals surface area (Å²) in [7, 11) is 0. The number of hydrogen-bond donors (Lipinski definition) is 2. The first-order chi connectivity index (χ1) is 12.2. The zero-order valence-electron chi connectivity index (χ0n) is 14.1. The monoisotopic (exact) mass is 339 g/mol. The minimum atomic E-state index is -0.980. The molecular weight excluding hydrogens is 318 g/mol. The summed E-state index contributed by atoms with van der Waals surface area (Å²) in [4.78, 5) is 29.1. The first kappa shape index (κ1) is 17.0. The van der Waals surface area contributed by atoms with Crippen molar-refractivity contribution in [2.75, 3.05) is 11.9 Å². The van der Waals surface area contributed by atoms with Crippen LogP contribution in [0.5, 0.6) is 5.75 Å². The van der Waals surface area contributed by atoms with Gasteiger partial charge in [-0.15, -0.1) is 0 Å². The summed E-state index contributed by atoms with van der Waals surface area (Å²) in [6.07, 6.45) is 4.45. The summed E-state index contributed by atoms with van der Waals surface area (Å²) in [5, 5.41) is 5.69. The molecule has 0 unspecified atom stereocenters. The van der Waals surface area contributed by atoms with E-state index < -0.39 is 5.41 Å². The normalized spacial score (nSPS) is 14.4. The van der Waals surface area contributed by atoms with Gasteiger partial charge in [0.15, 0.2) is 0 Å². The molecule has 1 aliphatic carbocycles. The third-order valence-corrected chi connectivity index (χ3v) is 4.26. The summed E-state index contributed by atoms with van der Waals surface area (Å²) in [6, 6.07) is 10.9. The van der Waals surface area contributed by atoms with Crippen molar-refractivity contribution < 1.29 is 14.3 Å². The summed E-state index contributed by atoms with van der Waals surface area (Å²) >= 11 is 0. The highest BCUT2D eigenvalue weighted by Crippen LogP contribution is 2.47. The van der Waals surface area contributed by atoms with Crippen molar-refractivity contribution in [2.24, 2.45) is 5.41 Å². The zero-order chi connectivity index (χ0) is 17.7. The number of para-hydroxylation sites is 2. The number of nitrogens with one attached hydrogen (secondary N) is 2. The average Bonchev–Trinajstić information content (AvgIpc) is 3.44. The van der Waals surface area contributed by atoms with Crippen LogP contribution in [0, 0.1) is 5.41 Å². The fourth-order valence-electron chi connectivity index (χ4n) is 2.63. The van der Waals surface area contributed by atoms with Gasteiger partial charge in [0.2, 0.25) is 11.8 Å². The topological polar surface area (TPSA) is 80.3 Å². The van der Waals surface area contributed by atoms with E-state index in [0.717, 1.165) is 5.56 Å². The molecule has 2 N–H and O–H groups in total. The van der Waals surface area contributed by atoms with Crippen molar-refractivity contribution in [3.8, 4) is 5.75 Å². The fraction of sp³-hybridized carbons (Fsp3) is 0.316. The van der Waals surface area contributed by atoms with Crippen LogP contribution in [-0.4, -0.2) is 23.4 Å². The second-order valence-corrected chi connectivity index (χ2v) is 6.00. The van der Waals surface area contributed by atoms with Gasteiger partial charge in [0.25, 0.3) is 0 Å². The number of ether oxygens (including phenoxy) is 1. The quantitative estimate of drug-likeness (QED) is 0.760. The van der Waals surface area contributed by atoms with Crippen LogP contribution >= 0.6 is 0 Å². The Bertz CT molecular complexity index is 758. The van der Waals surface area contributed by atoms with Crippen LogP contribution in [0.4, 0.5) is 5.69 Å². The summed E-state index contributed by atoms with van der Waals surface area (Å²) in [5.74, 6) is 0.0777. The number of carbonyl (C=O) groups is 2. The molecule has 1 fully saturated rings. The highest BCUT2D eigenvalue weighted by molar-refractivity contribution is 6.13. The molecule has 0 radical (unpaired) electrons. The maximum Gasteiger partial charge on any atom is 0.240 e. The molecule has 0 atom stereocenters. The third-order valence-electron chi connectivity index (χ3n) is 4.26. The molecule has 130 valence electrons. The van der Waals surface area contributed by atoms with Crippen molar-refractivity contribution in [1.82, 2.24) is 10.3 Å². The first-order valence-electron chi connectivity index (χ1n) is 8.36. The van der Waals surface area contributed by atoms with Gasteiger partial charge in [-0.2, -0.15) is 0 Å². The van der Waals surface area contributed by atoms with E-state index in [4.69, 9.17) is 4.74 Å². The maximum absolute atomic E-state index is 12.7. The number of hydrogen-bond acceptors (Lipinski definition) is 4. The number of aromatic nitrogens is 1. The van der Waals surface area contributed by atoms with E-state index in [1.54, 1.807) is 24.5 Å². The fourth-order valence-corrected chi connectivity index (χ4v) is 2.63. The van der Waals surface area contributed by atoms with Gasteiger partial charge in [-0.3, -0.25) is 14.6 Å². The Balaban J connectivity index is 1.64. The van der Waals surface area contributed by atoms with Gasteiger partial charge in [0.05, 0.1) is 12.3 Å². The van der Waals surface area contributed by atoms with Crippen LogP contribution in [0.2, 0.25) is 0 Å². The molecule has 0 saturated heterocycles. The minimum Gasteiger partial charge on any atom is -0.492 e. The van der Waals surface area contributed by atoms with Crippen molar-refractivity contribution in [1.29, 1.82) is 0 Å². The van der Waals surface area contributed by atoms with Gasteiger partial charge in [-0.25, -0.2) is 0 Å². The lowest BCUT2D eigenvalue weighted by molar-refractivity contribution is -0.134. The Labute approximate surface area is 146 Å². The molecular formula is C19H21N3O3. The average molecular weight is 339 g/mol. The SMILES string of the molecule is CCOc1ccccc1NC(=O)C1(C(=O)NCc2ccncc2)CC1. The number of rotatable bonds is 7. The van der Waals surface area contributed by atoms with Crippen LogP contribution in [0.15, 0.2) is 48.8 Å². The van der Waals surface area contributed by atoms with Crippen molar-refractivity contribution in [3.05, 3.63) is 54.4 Å². The largest absolute Gasteiger partial charge is 0.492 e. The molecule has 2 aromatic rings. The Kier molecular flexibility index (Phi) is 4.97. The van der Waals surface area contributed by atoms with Gasteiger partial charge in [-0.05, 0) is 49.6 Å². The molecule has 0 aliphatic heterocycles. The van der Waals surface area contributed by atoms with Crippen LogP contribution in [0.1, 0.15) is 25.3 Å². The molecule has 1 aliphatic rings. The zero-order valence-corrected chi connectivity index (χ0v) is 14.1. The minimum absolute atomic E-state index is 0.240. The van der Waals surface area contributed by atoms with Gasteiger partial charge in [0, 0.05) is 18.9 Å². The third kappa shape index (κ3) is 3.79. The van der Waals surface area contributed by atoms with E-state index in [9.17, 15) is 9.59 Å². The highest BCUT2D eigenvalue weighted by atomic mass is 16.5. The lowest BCUT2D eigenvalue weighted by atomic mass is 10.0. The van der Waals surface area contributed by atoms with Crippen LogP contribution in [0.25, 0.3) is 0 Å². The predicted molar refractivity (Wildman–Crippen MR) is 94.0 cm³/mol. The number of benzene rings is 1. The van der Waals surface area contributed by atoms with Crippen LogP contribution in [0.3, 0.4) is 0 Å². The Morgan fingerprint density at radius 3 is 2.52 bits per heavy atom. The first-order valence-corrected chi connectivity index (χ1v) is 8.36. The molecule has 1 aromatic carbocycles. The second-order valence-electron chi connectivity index (χ2n) is 6.00. The van der Waals surface area contributed by atoms with Crippen molar-refractivity contribution in [2.45, 2.75) is 26.3 Å². The summed E-state index contributed by atoms with van der Waals surface area (Å²) in [5.41, 5.74) is 0.551. The van der Waals surface area contributed by atoms with Gasteiger partial charge >= 0.3 is 0 Å². The predicted octanol–water partition coefficient (Wildman–Crippen LogP) is 2.52. The molecule has 0 spiro atoms. The van der Waals surface area contributed by atoms with E-state index in [-0.39, 0.29) is 11.8 Å². The standard InChI is InChI=1S/C19H21N3O3/c1-2-25-16-6-4-3-5-15(16)22-18(24)19(9-10-19)17(23)21-13-14-7-11-20-12-8-14/h3-8,11-12H,2,9-10,13H2,1H3,(H,21,23)(H,22,24). The lowest BCUT2D eigenvalue weighted by Gasteiger charge is -2.17. The maximum atomic E-state index is 12.7. The number of nitrogens with zero attached hydrogens (tertiary/aromatic N) is 1. The van der Waals surface area contributed by atoms with Crippen molar-refractivity contribution in [3.63, 3.8) is 0 Å². The molecule has 6 heteroatoms. The molecule has 3 rings (SSSR count). The van der Waals surface area contributed by atoms with E-state index in [1.807, 2.05) is 31.2 Å². The molecule has 1 saturated carbocycles. The van der Waals surface area contributed by atoms with Gasteiger partial charge < -0.3 is 15.4 Å². The smallest absolute Gasteiger partial charge is 0.240 e. The van der Waals surface area contributed by atoms with E-state index >= 15 is 0 Å². The molecule has 1 aromatic heterocycles. The Morgan fingerprint density at radius 1 is 1.12 bits per heavy atom. The molecule has 1 heterocycles. The second kappa shape index (κ2) is 7.34. The number of pyridine rings is 1. The molecule has 6 nitrogen and oxygen atoms in total. The summed E-state index contributed by atoms with van der Waals surface area (Å²) < 4.78 is 5.52.